The predicted molar refractivity (Wildman–Crippen MR) is 85.8 cm³/mol. The minimum atomic E-state index is -3.86. The van der Waals surface area contributed by atoms with Gasteiger partial charge in [0.25, 0.3) is 10.0 Å². The highest BCUT2D eigenvalue weighted by atomic mass is 35.5. The van der Waals surface area contributed by atoms with Crippen LogP contribution in [-0.2, 0) is 14.8 Å². The Balaban J connectivity index is 1.77. The van der Waals surface area contributed by atoms with Gasteiger partial charge in [0, 0.05) is 24.8 Å². The highest BCUT2D eigenvalue weighted by Gasteiger charge is 2.38. The van der Waals surface area contributed by atoms with E-state index in [0.717, 1.165) is 24.2 Å². The van der Waals surface area contributed by atoms with Crippen LogP contribution in [0, 0.1) is 5.41 Å². The van der Waals surface area contributed by atoms with E-state index in [1.165, 1.54) is 17.1 Å². The fraction of sp³-hybridized carbons (Fsp3) is 0.500. The van der Waals surface area contributed by atoms with Crippen molar-refractivity contribution in [2.75, 3.05) is 19.8 Å². The first-order valence-corrected chi connectivity index (χ1v) is 9.30. The molecule has 1 aromatic rings. The van der Waals surface area contributed by atoms with Crippen LogP contribution in [0.25, 0.3) is 0 Å². The summed E-state index contributed by atoms with van der Waals surface area (Å²) >= 11 is 6.70. The van der Waals surface area contributed by atoms with Gasteiger partial charge in [0.15, 0.2) is 0 Å². The monoisotopic (exact) mass is 362 g/mol. The summed E-state index contributed by atoms with van der Waals surface area (Å²) in [6.45, 7) is 1.86. The van der Waals surface area contributed by atoms with Crippen LogP contribution in [0.1, 0.15) is 12.8 Å². The van der Waals surface area contributed by atoms with Crippen molar-refractivity contribution >= 4 is 45.1 Å². The van der Waals surface area contributed by atoms with E-state index in [4.69, 9.17) is 22.1 Å². The molecule has 0 amide bonds. The summed E-state index contributed by atoms with van der Waals surface area (Å²) in [5, 5.41) is 5.63. The minimum Gasteiger partial charge on any atom is -0.381 e. The van der Waals surface area contributed by atoms with Crippen molar-refractivity contribution in [2.45, 2.75) is 17.1 Å². The molecule has 2 N–H and O–H groups in total. The molecule has 2 aliphatic heterocycles. The minimum absolute atomic E-state index is 0.0596. The van der Waals surface area contributed by atoms with E-state index < -0.39 is 10.0 Å². The molecule has 0 atom stereocenters. The van der Waals surface area contributed by atoms with Gasteiger partial charge in [-0.05, 0) is 25.0 Å². The fourth-order valence-corrected chi connectivity index (χ4v) is 4.82. The summed E-state index contributed by atoms with van der Waals surface area (Å²) in [4.78, 5) is 0. The van der Waals surface area contributed by atoms with Crippen LogP contribution < -0.4 is 5.73 Å². The number of hydrogen-bond acceptors (Lipinski definition) is 5. The Hall–Kier alpha value is -1.16. The van der Waals surface area contributed by atoms with Gasteiger partial charge in [-0.15, -0.1) is 15.7 Å². The van der Waals surface area contributed by atoms with Gasteiger partial charge in [0.05, 0.1) is 10.9 Å². The molecule has 1 fully saturated rings. The summed E-state index contributed by atoms with van der Waals surface area (Å²) < 4.78 is 33.8. The van der Waals surface area contributed by atoms with Crippen LogP contribution in [0.15, 0.2) is 25.8 Å². The number of hydrazone groups is 1. The van der Waals surface area contributed by atoms with Gasteiger partial charge < -0.3 is 10.5 Å². The summed E-state index contributed by atoms with van der Waals surface area (Å²) in [6.07, 6.45) is 3.51. The molecule has 0 saturated carbocycles. The van der Waals surface area contributed by atoms with Gasteiger partial charge in [0.1, 0.15) is 4.21 Å². The lowest BCUT2D eigenvalue weighted by Crippen LogP contribution is -2.40. The predicted octanol–water partition coefficient (Wildman–Crippen LogP) is 1.50. The van der Waals surface area contributed by atoms with E-state index in [2.05, 4.69) is 9.50 Å². The number of nitrogens with two attached hydrogens (primary N) is 1. The number of thiophene rings is 1. The quantitative estimate of drug-likeness (QED) is 0.635. The van der Waals surface area contributed by atoms with Crippen LogP contribution in [0.3, 0.4) is 0 Å². The second-order valence-corrected chi connectivity index (χ2v) is 8.81. The second-order valence-electron chi connectivity index (χ2n) is 5.26. The Morgan fingerprint density at radius 2 is 2.18 bits per heavy atom. The normalized spacial score (nSPS) is 21.7. The average molecular weight is 363 g/mol. The zero-order valence-corrected chi connectivity index (χ0v) is 14.0. The molecular formula is C12H15ClN4O3S2. The summed E-state index contributed by atoms with van der Waals surface area (Å²) in [6, 6.07) is 2.92. The summed E-state index contributed by atoms with van der Waals surface area (Å²) in [5.74, 6) is -0.135. The van der Waals surface area contributed by atoms with Crippen molar-refractivity contribution in [3.8, 4) is 0 Å². The molecule has 22 heavy (non-hydrogen) atoms. The maximum absolute atomic E-state index is 12.2. The van der Waals surface area contributed by atoms with E-state index >= 15 is 0 Å². The molecule has 10 heteroatoms. The van der Waals surface area contributed by atoms with Crippen molar-refractivity contribution in [3.63, 3.8) is 0 Å². The standard InChI is InChI=1S/C12H15ClN4O3S2/c13-9-1-2-10(21-9)22(18,19)16-11(14)17-8-12(7-15-17)3-5-20-6-4-12/h1-2,7H,3-6,8H2,(H2,14,16). The van der Waals surface area contributed by atoms with Crippen molar-refractivity contribution in [3.05, 3.63) is 16.5 Å². The van der Waals surface area contributed by atoms with Crippen LogP contribution in [0.5, 0.6) is 0 Å². The van der Waals surface area contributed by atoms with Gasteiger partial charge >= 0.3 is 0 Å². The van der Waals surface area contributed by atoms with E-state index in [0.29, 0.717) is 24.1 Å². The van der Waals surface area contributed by atoms with Crippen LogP contribution in [-0.4, -0.2) is 45.4 Å². The zero-order valence-electron chi connectivity index (χ0n) is 11.6. The molecule has 2 aliphatic rings. The third-order valence-electron chi connectivity index (χ3n) is 3.71. The third kappa shape index (κ3) is 3.12. The molecule has 120 valence electrons. The highest BCUT2D eigenvalue weighted by molar-refractivity contribution is 7.92. The Morgan fingerprint density at radius 3 is 2.82 bits per heavy atom. The highest BCUT2D eigenvalue weighted by Crippen LogP contribution is 2.33. The molecule has 0 bridgehead atoms. The Labute approximate surface area is 137 Å². The molecule has 1 saturated heterocycles. The van der Waals surface area contributed by atoms with E-state index in [9.17, 15) is 8.42 Å². The van der Waals surface area contributed by atoms with Crippen LogP contribution in [0.4, 0.5) is 0 Å². The lowest BCUT2D eigenvalue weighted by atomic mass is 9.82. The Kier molecular flexibility index (Phi) is 4.15. The van der Waals surface area contributed by atoms with Crippen molar-refractivity contribution in [1.29, 1.82) is 0 Å². The van der Waals surface area contributed by atoms with Crippen LogP contribution in [0.2, 0.25) is 4.34 Å². The molecule has 0 unspecified atom stereocenters. The first kappa shape index (κ1) is 15.7. The zero-order chi connectivity index (χ0) is 15.8. The number of sulfonamides is 1. The lowest BCUT2D eigenvalue weighted by molar-refractivity contribution is 0.0454. The molecule has 1 aromatic heterocycles. The number of rotatable bonds is 2. The first-order valence-electron chi connectivity index (χ1n) is 6.66. The molecule has 1 spiro atoms. The Bertz CT molecular complexity index is 722. The maximum Gasteiger partial charge on any atom is 0.295 e. The number of ether oxygens (including phenoxy) is 1. The van der Waals surface area contributed by atoms with Crippen molar-refractivity contribution in [1.82, 2.24) is 5.01 Å². The average Bonchev–Trinajstić information content (AvgIpc) is 3.07. The SMILES string of the molecule is N/C(=N\S(=O)(=O)c1ccc(Cl)s1)N1CC2(C=N1)CCOCC2. The van der Waals surface area contributed by atoms with Crippen molar-refractivity contribution < 1.29 is 13.2 Å². The van der Waals surface area contributed by atoms with Gasteiger partial charge in [-0.2, -0.15) is 13.5 Å². The number of guanidine groups is 1. The smallest absolute Gasteiger partial charge is 0.295 e. The van der Waals surface area contributed by atoms with Gasteiger partial charge in [-0.1, -0.05) is 11.6 Å². The molecule has 0 radical (unpaired) electrons. The third-order valence-corrected chi connectivity index (χ3v) is 6.68. The van der Waals surface area contributed by atoms with Crippen LogP contribution >= 0.6 is 22.9 Å². The lowest BCUT2D eigenvalue weighted by Gasteiger charge is -2.30. The number of nitrogens with zero attached hydrogens (tertiary/aromatic N) is 3. The van der Waals surface area contributed by atoms with Gasteiger partial charge in [0.2, 0.25) is 5.96 Å². The van der Waals surface area contributed by atoms with Gasteiger partial charge in [-0.3, -0.25) is 0 Å². The molecule has 3 rings (SSSR count). The number of hydrogen-bond donors (Lipinski definition) is 1. The van der Waals surface area contributed by atoms with E-state index in [1.54, 1.807) is 0 Å². The maximum atomic E-state index is 12.2. The first-order chi connectivity index (χ1) is 10.4. The fourth-order valence-electron chi connectivity index (χ4n) is 2.43. The Morgan fingerprint density at radius 1 is 1.45 bits per heavy atom. The summed E-state index contributed by atoms with van der Waals surface area (Å²) in [7, 11) is -3.86. The largest absolute Gasteiger partial charge is 0.381 e. The molecule has 7 nitrogen and oxygen atoms in total. The number of halogens is 1. The molecule has 0 aliphatic carbocycles. The van der Waals surface area contributed by atoms with Crippen molar-refractivity contribution in [2.24, 2.45) is 20.6 Å². The second kappa shape index (κ2) is 5.80. The van der Waals surface area contributed by atoms with E-state index in [1.807, 2.05) is 6.21 Å². The molecular weight excluding hydrogens is 348 g/mol. The topological polar surface area (TPSA) is 97.3 Å². The van der Waals surface area contributed by atoms with E-state index in [-0.39, 0.29) is 15.6 Å². The molecule has 3 heterocycles. The van der Waals surface area contributed by atoms with Gasteiger partial charge in [-0.25, -0.2) is 5.01 Å². The summed E-state index contributed by atoms with van der Waals surface area (Å²) in [5.41, 5.74) is 5.72. The molecule has 0 aromatic carbocycles.